The number of nitrogens with zero attached hydrogens (tertiary/aromatic N) is 10. The van der Waals surface area contributed by atoms with Gasteiger partial charge in [0.15, 0.2) is 0 Å². The van der Waals surface area contributed by atoms with Crippen molar-refractivity contribution in [1.29, 1.82) is 0 Å². The van der Waals surface area contributed by atoms with Crippen molar-refractivity contribution in [2.24, 2.45) is 0 Å². The Labute approximate surface area is 660 Å². The number of nitrogens with one attached hydrogen (secondary N) is 6. The molecular formula is C93H148N16. The minimum atomic E-state index is 0. The molecule has 16 aromatic rings. The van der Waals surface area contributed by atoms with E-state index in [1.54, 1.807) is 12.7 Å². The van der Waals surface area contributed by atoms with Crippen molar-refractivity contribution in [2.75, 3.05) is 0 Å². The predicted molar refractivity (Wildman–Crippen MR) is 487 cm³/mol. The van der Waals surface area contributed by atoms with Crippen LogP contribution in [0.5, 0.6) is 0 Å². The van der Waals surface area contributed by atoms with Crippen LogP contribution in [0.3, 0.4) is 0 Å². The fourth-order valence-electron chi connectivity index (χ4n) is 10.8. The molecule has 0 aliphatic rings. The molecule has 0 spiro atoms. The zero-order chi connectivity index (χ0) is 68.4. The third-order valence-corrected chi connectivity index (χ3v) is 16.7. The second-order valence-electron chi connectivity index (χ2n) is 26.6. The van der Waals surface area contributed by atoms with E-state index in [9.17, 15) is 0 Å². The Morgan fingerprint density at radius 1 is 0.330 bits per heavy atom. The van der Waals surface area contributed by atoms with Crippen molar-refractivity contribution in [1.82, 2.24) is 79.3 Å². The van der Waals surface area contributed by atoms with E-state index < -0.39 is 0 Å². The first kappa shape index (κ1) is 107. The van der Waals surface area contributed by atoms with Crippen molar-refractivity contribution in [3.63, 3.8) is 0 Å². The van der Waals surface area contributed by atoms with Crippen LogP contribution in [-0.4, -0.2) is 79.3 Å². The minimum Gasteiger partial charge on any atom is -0.345 e. The average Bonchev–Trinajstić information content (AvgIpc) is 1.72. The Kier molecular flexibility index (Phi) is 50.1. The number of hydrogen-bond donors (Lipinski definition) is 6. The van der Waals surface area contributed by atoms with Crippen LogP contribution in [0, 0.1) is 0 Å². The second-order valence-corrected chi connectivity index (χ2v) is 26.6. The van der Waals surface area contributed by atoms with Crippen LogP contribution in [0.25, 0.3) is 77.1 Å². The van der Waals surface area contributed by atoms with Gasteiger partial charge in [-0.05, 0) is 142 Å². The molecule has 109 heavy (non-hydrogen) atoms. The molecule has 0 radical (unpaired) electrons. The molecule has 10 heterocycles. The van der Waals surface area contributed by atoms with E-state index in [0.29, 0.717) is 47.3 Å². The van der Waals surface area contributed by atoms with Crippen LogP contribution in [0.15, 0.2) is 208 Å². The van der Waals surface area contributed by atoms with Gasteiger partial charge in [-0.25, -0.2) is 24.9 Å². The molecule has 600 valence electrons. The number of rotatable bonds is 8. The van der Waals surface area contributed by atoms with E-state index in [2.05, 4.69) is 305 Å². The molecule has 0 bridgehead atoms. The molecule has 10 aromatic heterocycles. The Bertz CT molecular complexity index is 4430. The monoisotopic (exact) mass is 1490 g/mol. The number of H-pyrrole nitrogens is 6. The summed E-state index contributed by atoms with van der Waals surface area (Å²) in [5.41, 5.74) is 21.4. The number of hydrogen-bond acceptors (Lipinski definition) is 8. The van der Waals surface area contributed by atoms with Crippen molar-refractivity contribution in [3.05, 3.63) is 253 Å². The molecule has 0 amide bonds. The molecule has 0 unspecified atom stereocenters. The number of benzene rings is 6. The van der Waals surface area contributed by atoms with Crippen molar-refractivity contribution >= 4 is 77.1 Å². The quantitative estimate of drug-likeness (QED) is 0.0861. The predicted octanol–water partition coefficient (Wildman–Crippen LogP) is 29.3. The maximum absolute atomic E-state index is 4.46. The highest BCUT2D eigenvalue weighted by molar-refractivity contribution is 5.82. The van der Waals surface area contributed by atoms with E-state index in [-0.39, 0.29) is 96.5 Å². The molecule has 0 saturated heterocycles. The number of aromatic nitrogens is 16. The summed E-state index contributed by atoms with van der Waals surface area (Å²) in [4.78, 5) is 30.8. The van der Waals surface area contributed by atoms with Gasteiger partial charge in [-0.2, -0.15) is 15.3 Å². The third-order valence-electron chi connectivity index (χ3n) is 16.7. The smallest absolute Gasteiger partial charge is 0.136 e. The van der Waals surface area contributed by atoms with E-state index in [1.807, 2.05) is 79.8 Å². The molecule has 0 aliphatic heterocycles. The van der Waals surface area contributed by atoms with Crippen LogP contribution in [0.4, 0.5) is 0 Å². The number of fused-ring (bicyclic) bond motifs is 8. The number of pyridine rings is 2. The zero-order valence-corrected chi connectivity index (χ0v) is 58.7. The molecule has 6 N–H and O–H groups in total. The van der Waals surface area contributed by atoms with Gasteiger partial charge in [0.1, 0.15) is 17.1 Å². The van der Waals surface area contributed by atoms with Crippen LogP contribution < -0.4 is 0 Å². The van der Waals surface area contributed by atoms with Crippen LogP contribution in [-0.2, 0) is 0 Å². The van der Waals surface area contributed by atoms with Crippen LogP contribution in [0.1, 0.15) is 300 Å². The Balaban J connectivity index is -0.000000372. The first-order chi connectivity index (χ1) is 46.2. The normalized spacial score (nSPS) is 9.91. The first-order valence-corrected chi connectivity index (χ1v) is 33.6. The van der Waals surface area contributed by atoms with Gasteiger partial charge < -0.3 is 23.8 Å². The zero-order valence-electron chi connectivity index (χ0n) is 58.7. The summed E-state index contributed by atoms with van der Waals surface area (Å²) in [7, 11) is 0. The lowest BCUT2D eigenvalue weighted by Crippen LogP contribution is -1.96. The molecule has 6 aromatic carbocycles. The Morgan fingerprint density at radius 2 is 0.844 bits per heavy atom. The van der Waals surface area contributed by atoms with Crippen LogP contribution >= 0.6 is 0 Å². The summed E-state index contributed by atoms with van der Waals surface area (Å²) in [6, 6.07) is 50.2. The fraction of sp³-hybridized carbons (Fsp3) is 0.398. The topological polar surface area (TPSA) is 207 Å². The lowest BCUT2D eigenvalue weighted by Gasteiger charge is -2.07. The summed E-state index contributed by atoms with van der Waals surface area (Å²) >= 11 is 0. The minimum absolute atomic E-state index is 0. The standard InChI is InChI=1S/8C10H12N2.13CH4/c1-7(2)8-3-4-10-9(5-8)6-11-12-10;1-7(2)8-3-4-9-10(5-8)12-6-11-9;1-7(2)8-3-4-9-6-11-12-10(9)5-8;1-8(2)9-3-4-10-11-5-6-12(10)7-9;1-8(2)9-4-3-5-10-11-6-7-12(9)10;1-7(2)8-4-3-5-9-10(8)12-6-11-9;1-7(2)9-5-3-4-8-6-11-12-10(8)9;1-7(2)10-11-8-5-3-4-6-9(8)12-10;;;;;;;;;;;;;/h3*3-7H,1-2H3,(H,11,12);2*3-8H,1-2H3;3*3-7H,1-2H3,(H,11,12);13*1H4. The SMILES string of the molecule is C.C.C.C.C.C.C.C.C.C.C.C.C.CC(C)c1ccc2[nH]ncc2c1.CC(C)c1ccc2cn[nH]c2c1.CC(C)c1ccc2nc[nH]c2c1.CC(C)c1ccc2nccn2c1.CC(C)c1cccc2[nH]cnc12.CC(C)c1cccc2cn[nH]c12.CC(C)c1cccc2nccn12.CC(C)c1nc2ccccc2[nH]1. The summed E-state index contributed by atoms with van der Waals surface area (Å²) in [5.74, 6) is 5.50. The largest absolute Gasteiger partial charge is 0.345 e. The molecular weight excluding hydrogens is 1340 g/mol. The maximum atomic E-state index is 4.46. The Morgan fingerprint density at radius 3 is 1.48 bits per heavy atom. The highest BCUT2D eigenvalue weighted by atomic mass is 15.1. The fourth-order valence-corrected chi connectivity index (χ4v) is 10.8. The van der Waals surface area contributed by atoms with E-state index in [1.165, 1.54) is 60.8 Å². The molecule has 16 rings (SSSR count). The van der Waals surface area contributed by atoms with Crippen LogP contribution in [0.2, 0.25) is 0 Å². The summed E-state index contributed by atoms with van der Waals surface area (Å²) in [6.07, 6.45) is 18.8. The van der Waals surface area contributed by atoms with Gasteiger partial charge in [0, 0.05) is 58.8 Å². The van der Waals surface area contributed by atoms with Gasteiger partial charge in [-0.15, -0.1) is 0 Å². The second kappa shape index (κ2) is 51.0. The summed E-state index contributed by atoms with van der Waals surface area (Å²) < 4.78 is 4.18. The maximum Gasteiger partial charge on any atom is 0.136 e. The Hall–Kier alpha value is -10.5. The van der Waals surface area contributed by atoms with Gasteiger partial charge in [-0.3, -0.25) is 15.3 Å². The summed E-state index contributed by atoms with van der Waals surface area (Å²) in [6.45, 7) is 34.9. The van der Waals surface area contributed by atoms with Crippen molar-refractivity contribution < 1.29 is 0 Å². The van der Waals surface area contributed by atoms with E-state index >= 15 is 0 Å². The molecule has 16 heteroatoms. The number of para-hydroxylation sites is 4. The summed E-state index contributed by atoms with van der Waals surface area (Å²) in [5, 5.41) is 24.5. The lowest BCUT2D eigenvalue weighted by atomic mass is 10.0. The molecule has 0 saturated carbocycles. The molecule has 0 aliphatic carbocycles. The van der Waals surface area contributed by atoms with Gasteiger partial charge in [-0.1, -0.05) is 286 Å². The van der Waals surface area contributed by atoms with Gasteiger partial charge in [0.2, 0.25) is 0 Å². The molecule has 16 nitrogen and oxygen atoms in total. The highest BCUT2D eigenvalue weighted by Gasteiger charge is 2.10. The van der Waals surface area contributed by atoms with E-state index in [4.69, 9.17) is 0 Å². The number of aromatic amines is 6. The van der Waals surface area contributed by atoms with E-state index in [0.717, 1.165) is 61.3 Å². The van der Waals surface area contributed by atoms with Crippen molar-refractivity contribution in [2.45, 2.75) is 255 Å². The highest BCUT2D eigenvalue weighted by Crippen LogP contribution is 2.26. The first-order valence-electron chi connectivity index (χ1n) is 33.6. The third kappa shape index (κ3) is 28.6. The van der Waals surface area contributed by atoms with Gasteiger partial charge in [0.05, 0.1) is 80.9 Å². The lowest BCUT2D eigenvalue weighted by molar-refractivity contribution is 0.799. The molecule has 0 fully saturated rings. The van der Waals surface area contributed by atoms with Gasteiger partial charge in [0.25, 0.3) is 0 Å². The number of imidazole rings is 5. The molecule has 0 atom stereocenters. The van der Waals surface area contributed by atoms with Crippen molar-refractivity contribution in [3.8, 4) is 0 Å². The van der Waals surface area contributed by atoms with Gasteiger partial charge >= 0.3 is 0 Å². The average molecular weight is 1490 g/mol.